The summed E-state index contributed by atoms with van der Waals surface area (Å²) in [7, 11) is 0. The Morgan fingerprint density at radius 2 is 1.86 bits per heavy atom. The molecule has 1 nitrogen and oxygen atoms in total. The first-order chi connectivity index (χ1) is 6.65. The summed E-state index contributed by atoms with van der Waals surface area (Å²) in [5.74, 6) is -1.01. The van der Waals surface area contributed by atoms with E-state index in [-0.39, 0.29) is 18.1 Å². The normalized spacial score (nSPS) is 12.9. The summed E-state index contributed by atoms with van der Waals surface area (Å²) in [6.45, 7) is 4.21. The zero-order chi connectivity index (χ0) is 10.6. The van der Waals surface area contributed by atoms with Gasteiger partial charge in [0.1, 0.15) is 11.6 Å². The van der Waals surface area contributed by atoms with Crippen LogP contribution in [0.15, 0.2) is 18.2 Å². The standard InChI is InChI=1S/C11H14F2O/c1-3-14-8(2)7-9-10(12)5-4-6-11(9)13/h4-6,8H,3,7H2,1-2H3. The number of hydrogen-bond acceptors (Lipinski definition) is 1. The third-order valence-electron chi connectivity index (χ3n) is 2.00. The van der Waals surface area contributed by atoms with E-state index in [1.165, 1.54) is 18.2 Å². The van der Waals surface area contributed by atoms with Gasteiger partial charge in [-0.2, -0.15) is 0 Å². The molecule has 0 aromatic heterocycles. The Bertz CT molecular complexity index is 279. The van der Waals surface area contributed by atoms with Gasteiger partial charge in [0.15, 0.2) is 0 Å². The highest BCUT2D eigenvalue weighted by Gasteiger charge is 2.11. The van der Waals surface area contributed by atoms with E-state index in [1.54, 1.807) is 6.92 Å². The molecule has 0 fully saturated rings. The topological polar surface area (TPSA) is 9.23 Å². The highest BCUT2D eigenvalue weighted by molar-refractivity contribution is 5.20. The fourth-order valence-corrected chi connectivity index (χ4v) is 1.36. The molecule has 0 saturated carbocycles. The monoisotopic (exact) mass is 200 g/mol. The van der Waals surface area contributed by atoms with Crippen LogP contribution in [-0.4, -0.2) is 12.7 Å². The van der Waals surface area contributed by atoms with Crippen LogP contribution in [0.3, 0.4) is 0 Å². The maximum absolute atomic E-state index is 13.2. The molecule has 14 heavy (non-hydrogen) atoms. The zero-order valence-electron chi connectivity index (χ0n) is 8.39. The van der Waals surface area contributed by atoms with Crippen molar-refractivity contribution in [2.45, 2.75) is 26.4 Å². The molecule has 1 atom stereocenters. The lowest BCUT2D eigenvalue weighted by Crippen LogP contribution is -2.13. The third kappa shape index (κ3) is 2.77. The summed E-state index contributed by atoms with van der Waals surface area (Å²) in [5, 5.41) is 0. The van der Waals surface area contributed by atoms with Crippen LogP contribution in [0.4, 0.5) is 8.78 Å². The van der Waals surface area contributed by atoms with Crippen molar-refractivity contribution < 1.29 is 13.5 Å². The van der Waals surface area contributed by atoms with Crippen LogP contribution in [0, 0.1) is 11.6 Å². The molecule has 0 aliphatic heterocycles. The van der Waals surface area contributed by atoms with Crippen molar-refractivity contribution in [2.75, 3.05) is 6.61 Å². The molecule has 0 aliphatic rings. The Hall–Kier alpha value is -0.960. The molecular formula is C11H14F2O. The molecule has 0 N–H and O–H groups in total. The fourth-order valence-electron chi connectivity index (χ4n) is 1.36. The second-order valence-corrected chi connectivity index (χ2v) is 3.17. The van der Waals surface area contributed by atoms with Crippen LogP contribution in [0.1, 0.15) is 19.4 Å². The number of halogens is 2. The molecule has 1 rings (SSSR count). The first kappa shape index (κ1) is 11.1. The molecule has 78 valence electrons. The summed E-state index contributed by atoms with van der Waals surface area (Å²) < 4.78 is 31.5. The Morgan fingerprint density at radius 3 is 2.36 bits per heavy atom. The molecule has 0 amide bonds. The number of benzene rings is 1. The summed E-state index contributed by atoms with van der Waals surface area (Å²) in [5.41, 5.74) is 0.105. The maximum Gasteiger partial charge on any atom is 0.129 e. The van der Waals surface area contributed by atoms with Gasteiger partial charge >= 0.3 is 0 Å². The summed E-state index contributed by atoms with van der Waals surface area (Å²) in [4.78, 5) is 0. The second kappa shape index (κ2) is 5.05. The zero-order valence-corrected chi connectivity index (χ0v) is 8.39. The second-order valence-electron chi connectivity index (χ2n) is 3.17. The van der Waals surface area contributed by atoms with E-state index in [0.717, 1.165) is 0 Å². The first-order valence-electron chi connectivity index (χ1n) is 4.69. The van der Waals surface area contributed by atoms with Gasteiger partial charge in [-0.05, 0) is 26.0 Å². The molecule has 0 bridgehead atoms. The largest absolute Gasteiger partial charge is 0.378 e. The van der Waals surface area contributed by atoms with E-state index in [9.17, 15) is 8.78 Å². The smallest absolute Gasteiger partial charge is 0.129 e. The van der Waals surface area contributed by atoms with Crippen LogP contribution in [0.2, 0.25) is 0 Å². The van der Waals surface area contributed by atoms with E-state index in [4.69, 9.17) is 4.74 Å². The van der Waals surface area contributed by atoms with Crippen LogP contribution in [0.5, 0.6) is 0 Å². The van der Waals surface area contributed by atoms with Gasteiger partial charge in [-0.3, -0.25) is 0 Å². The Labute approximate surface area is 82.7 Å². The average molecular weight is 200 g/mol. The molecular weight excluding hydrogens is 186 g/mol. The fraction of sp³-hybridized carbons (Fsp3) is 0.455. The van der Waals surface area contributed by atoms with Gasteiger partial charge in [-0.25, -0.2) is 8.78 Å². The highest BCUT2D eigenvalue weighted by atomic mass is 19.1. The van der Waals surface area contributed by atoms with Gasteiger partial charge in [0.05, 0.1) is 6.10 Å². The maximum atomic E-state index is 13.2. The van der Waals surface area contributed by atoms with Crippen molar-refractivity contribution in [1.29, 1.82) is 0 Å². The minimum atomic E-state index is -0.503. The van der Waals surface area contributed by atoms with Gasteiger partial charge in [0.2, 0.25) is 0 Å². The van der Waals surface area contributed by atoms with Crippen LogP contribution in [-0.2, 0) is 11.2 Å². The quantitative estimate of drug-likeness (QED) is 0.726. The van der Waals surface area contributed by atoms with Crippen molar-refractivity contribution in [3.63, 3.8) is 0 Å². The number of hydrogen-bond donors (Lipinski definition) is 0. The summed E-state index contributed by atoms with van der Waals surface area (Å²) in [6, 6.07) is 3.88. The Balaban J connectivity index is 2.75. The van der Waals surface area contributed by atoms with Crippen LogP contribution < -0.4 is 0 Å². The average Bonchev–Trinajstić information content (AvgIpc) is 2.12. The first-order valence-corrected chi connectivity index (χ1v) is 4.69. The predicted octanol–water partition coefficient (Wildman–Crippen LogP) is 2.93. The Morgan fingerprint density at radius 1 is 1.29 bits per heavy atom. The number of rotatable bonds is 4. The van der Waals surface area contributed by atoms with E-state index in [2.05, 4.69) is 0 Å². The minimum Gasteiger partial charge on any atom is -0.378 e. The van der Waals surface area contributed by atoms with E-state index < -0.39 is 11.6 Å². The van der Waals surface area contributed by atoms with Gasteiger partial charge in [-0.15, -0.1) is 0 Å². The molecule has 1 aromatic rings. The van der Waals surface area contributed by atoms with Crippen molar-refractivity contribution in [3.8, 4) is 0 Å². The molecule has 3 heteroatoms. The van der Waals surface area contributed by atoms with E-state index >= 15 is 0 Å². The molecule has 1 unspecified atom stereocenters. The minimum absolute atomic E-state index is 0.105. The predicted molar refractivity (Wildman–Crippen MR) is 51.2 cm³/mol. The third-order valence-corrected chi connectivity index (χ3v) is 2.00. The summed E-state index contributed by atoms with van der Waals surface area (Å²) >= 11 is 0. The van der Waals surface area contributed by atoms with E-state index in [1.807, 2.05) is 6.92 Å². The Kier molecular flexibility index (Phi) is 4.01. The molecule has 0 radical (unpaired) electrons. The van der Waals surface area contributed by atoms with Crippen molar-refractivity contribution in [3.05, 3.63) is 35.4 Å². The molecule has 0 heterocycles. The lowest BCUT2D eigenvalue weighted by atomic mass is 10.1. The summed E-state index contributed by atoms with van der Waals surface area (Å²) in [6.07, 6.45) is 0.109. The van der Waals surface area contributed by atoms with E-state index in [0.29, 0.717) is 6.61 Å². The van der Waals surface area contributed by atoms with Gasteiger partial charge in [0, 0.05) is 18.6 Å². The van der Waals surface area contributed by atoms with Crippen LogP contribution >= 0.6 is 0 Å². The van der Waals surface area contributed by atoms with Crippen molar-refractivity contribution in [2.24, 2.45) is 0 Å². The molecule has 0 spiro atoms. The van der Waals surface area contributed by atoms with Crippen LogP contribution in [0.25, 0.3) is 0 Å². The van der Waals surface area contributed by atoms with Crippen molar-refractivity contribution in [1.82, 2.24) is 0 Å². The molecule has 0 aliphatic carbocycles. The van der Waals surface area contributed by atoms with Gasteiger partial charge in [-0.1, -0.05) is 6.07 Å². The lowest BCUT2D eigenvalue weighted by molar-refractivity contribution is 0.0755. The SMILES string of the molecule is CCOC(C)Cc1c(F)cccc1F. The van der Waals surface area contributed by atoms with Gasteiger partial charge < -0.3 is 4.74 Å². The van der Waals surface area contributed by atoms with Gasteiger partial charge in [0.25, 0.3) is 0 Å². The highest BCUT2D eigenvalue weighted by Crippen LogP contribution is 2.15. The number of ether oxygens (including phenoxy) is 1. The lowest BCUT2D eigenvalue weighted by Gasteiger charge is -2.12. The molecule has 1 aromatic carbocycles. The molecule has 0 saturated heterocycles. The van der Waals surface area contributed by atoms with Crippen molar-refractivity contribution >= 4 is 0 Å².